The monoisotopic (exact) mass is 475 g/mol. The van der Waals surface area contributed by atoms with Crippen molar-refractivity contribution in [3.8, 4) is 5.69 Å². The normalized spacial score (nSPS) is 26.4. The van der Waals surface area contributed by atoms with E-state index in [0.29, 0.717) is 29.0 Å². The molecule has 1 saturated heterocycles. The van der Waals surface area contributed by atoms with Crippen molar-refractivity contribution >= 4 is 18.3 Å². The number of rotatable bonds is 6. The van der Waals surface area contributed by atoms with Crippen molar-refractivity contribution in [3.05, 3.63) is 63.8 Å². The molecule has 2 saturated carbocycles. The van der Waals surface area contributed by atoms with Crippen molar-refractivity contribution in [3.63, 3.8) is 0 Å². The first-order chi connectivity index (χ1) is 15.5. The largest absolute Gasteiger partial charge is 0.376 e. The second kappa shape index (κ2) is 9.95. The minimum atomic E-state index is -0.402. The molecule has 5 rings (SSSR count). The zero-order chi connectivity index (χ0) is 22.2. The molecule has 2 aliphatic carbocycles. The van der Waals surface area contributed by atoms with Crippen molar-refractivity contribution in [2.24, 2.45) is 17.8 Å². The number of aryl methyl sites for hydroxylation is 1. The Balaban J connectivity index is 0.00000259. The number of halogens is 2. The van der Waals surface area contributed by atoms with E-state index in [4.69, 9.17) is 4.74 Å². The smallest absolute Gasteiger partial charge is 0.268 e. The number of hydrogen-bond acceptors (Lipinski definition) is 4. The van der Waals surface area contributed by atoms with Gasteiger partial charge in [-0.25, -0.2) is 4.39 Å². The van der Waals surface area contributed by atoms with Gasteiger partial charge in [0, 0.05) is 18.5 Å². The zero-order valence-electron chi connectivity index (χ0n) is 18.8. The summed E-state index contributed by atoms with van der Waals surface area (Å²) in [4.78, 5) is 26.5. The van der Waals surface area contributed by atoms with Gasteiger partial charge in [-0.05, 0) is 99.3 Å². The van der Waals surface area contributed by atoms with E-state index in [1.807, 2.05) is 0 Å². The summed E-state index contributed by atoms with van der Waals surface area (Å²) >= 11 is 0. The van der Waals surface area contributed by atoms with E-state index < -0.39 is 5.56 Å². The molecule has 8 heteroatoms. The molecule has 2 heterocycles. The lowest BCUT2D eigenvalue weighted by atomic mass is 9.77. The van der Waals surface area contributed by atoms with Crippen LogP contribution in [0.2, 0.25) is 0 Å². The van der Waals surface area contributed by atoms with Crippen LogP contribution in [0.1, 0.15) is 41.6 Å². The molecular weight excluding hydrogens is 445 g/mol. The van der Waals surface area contributed by atoms with Gasteiger partial charge in [0.15, 0.2) is 0 Å². The van der Waals surface area contributed by atoms with Crippen molar-refractivity contribution < 1.29 is 13.9 Å². The number of aromatic nitrogens is 1. The first-order valence-corrected chi connectivity index (χ1v) is 11.6. The predicted octanol–water partition coefficient (Wildman–Crippen LogP) is 3.23. The van der Waals surface area contributed by atoms with Gasteiger partial charge in [0.05, 0.1) is 12.1 Å². The van der Waals surface area contributed by atoms with Gasteiger partial charge in [-0.3, -0.25) is 14.2 Å². The number of amides is 1. The van der Waals surface area contributed by atoms with Crippen LogP contribution in [0.4, 0.5) is 4.39 Å². The van der Waals surface area contributed by atoms with Gasteiger partial charge in [0.1, 0.15) is 11.4 Å². The van der Waals surface area contributed by atoms with Gasteiger partial charge in [-0.2, -0.15) is 0 Å². The Morgan fingerprint density at radius 3 is 2.55 bits per heavy atom. The van der Waals surface area contributed by atoms with E-state index >= 15 is 0 Å². The summed E-state index contributed by atoms with van der Waals surface area (Å²) in [6.45, 7) is 4.50. The minimum absolute atomic E-state index is 0. The number of nitrogens with zero attached hydrogens (tertiary/aromatic N) is 1. The maximum atomic E-state index is 13.3. The number of benzene rings is 1. The van der Waals surface area contributed by atoms with Crippen LogP contribution in [0, 0.1) is 30.5 Å². The van der Waals surface area contributed by atoms with Crippen LogP contribution >= 0.6 is 12.4 Å². The number of nitrogens with one attached hydrogen (secondary N) is 2. The van der Waals surface area contributed by atoms with Crippen LogP contribution < -0.4 is 16.2 Å². The first kappa shape index (κ1) is 23.9. The van der Waals surface area contributed by atoms with Crippen molar-refractivity contribution in [2.45, 2.75) is 44.8 Å². The molecule has 4 atom stereocenters. The molecule has 2 N–H and O–H groups in total. The molecule has 3 aliphatic rings. The summed E-state index contributed by atoms with van der Waals surface area (Å²) < 4.78 is 21.0. The van der Waals surface area contributed by atoms with E-state index in [0.717, 1.165) is 32.5 Å². The lowest BCUT2D eigenvalue weighted by Gasteiger charge is -2.38. The Hall–Kier alpha value is -2.22. The number of hydrogen-bond donors (Lipinski definition) is 2. The molecular formula is C25H31ClFN3O3. The molecule has 1 aromatic heterocycles. The zero-order valence-corrected chi connectivity index (χ0v) is 19.6. The first-order valence-electron chi connectivity index (χ1n) is 11.6. The quantitative estimate of drug-likeness (QED) is 0.673. The molecule has 1 aliphatic heterocycles. The van der Waals surface area contributed by atoms with Crippen LogP contribution in [0.3, 0.4) is 0 Å². The average molecular weight is 476 g/mol. The van der Waals surface area contributed by atoms with Crippen LogP contribution in [0.25, 0.3) is 5.69 Å². The molecule has 6 nitrogen and oxygen atoms in total. The van der Waals surface area contributed by atoms with Gasteiger partial charge in [-0.15, -0.1) is 12.4 Å². The van der Waals surface area contributed by atoms with Gasteiger partial charge in [0.25, 0.3) is 11.5 Å². The van der Waals surface area contributed by atoms with Crippen LogP contribution in [0.5, 0.6) is 0 Å². The van der Waals surface area contributed by atoms with E-state index in [-0.39, 0.29) is 41.8 Å². The number of carbonyl (C=O) groups is 1. The van der Waals surface area contributed by atoms with Crippen LogP contribution in [0.15, 0.2) is 41.3 Å². The molecule has 1 aromatic carbocycles. The summed E-state index contributed by atoms with van der Waals surface area (Å²) in [5, 5.41) is 6.61. The Kier molecular flexibility index (Phi) is 7.22. The van der Waals surface area contributed by atoms with Gasteiger partial charge in [0.2, 0.25) is 0 Å². The summed E-state index contributed by atoms with van der Waals surface area (Å²) in [7, 11) is 0. The van der Waals surface area contributed by atoms with Gasteiger partial charge >= 0.3 is 0 Å². The third kappa shape index (κ3) is 5.15. The average Bonchev–Trinajstić information content (AvgIpc) is 3.49. The lowest BCUT2D eigenvalue weighted by Crippen LogP contribution is -2.51. The maximum Gasteiger partial charge on any atom is 0.268 e. The highest BCUT2D eigenvalue weighted by atomic mass is 35.5. The molecule has 178 valence electrons. The summed E-state index contributed by atoms with van der Waals surface area (Å²) in [5.41, 5.74) is 0.872. The Bertz CT molecular complexity index is 1050. The number of carbonyl (C=O) groups excluding carboxylic acids is 1. The van der Waals surface area contributed by atoms with Crippen LogP contribution in [-0.2, 0) is 4.74 Å². The highest BCUT2D eigenvalue weighted by Crippen LogP contribution is 2.36. The van der Waals surface area contributed by atoms with E-state index in [9.17, 15) is 14.0 Å². The van der Waals surface area contributed by atoms with Crippen molar-refractivity contribution in [1.82, 2.24) is 15.2 Å². The Morgan fingerprint density at radius 2 is 1.85 bits per heavy atom. The standard InChI is InChI=1S/C25H30FN3O3.ClH/c1-15-8-9-29(20-6-4-19(26)5-7-20)25(31)23(15)24(30)28-21-10-17-12-27-13-18(17)11-22(21)32-14-16-2-3-16;/h4-9,16-18,21-22,27H,2-3,10-14H2,1H3,(H,28,30);1H/t17-,18+,21-,22-;/m0./s1. The molecule has 0 spiro atoms. The molecule has 0 radical (unpaired) electrons. The van der Waals surface area contributed by atoms with E-state index in [1.165, 1.54) is 41.7 Å². The van der Waals surface area contributed by atoms with E-state index in [1.54, 1.807) is 19.2 Å². The third-order valence-corrected chi connectivity index (χ3v) is 7.21. The topological polar surface area (TPSA) is 72.4 Å². The number of pyridine rings is 1. The molecule has 0 bridgehead atoms. The summed E-state index contributed by atoms with van der Waals surface area (Å²) in [6, 6.07) is 7.31. The number of ether oxygens (including phenoxy) is 1. The fourth-order valence-corrected chi connectivity index (χ4v) is 5.11. The lowest BCUT2D eigenvalue weighted by molar-refractivity contribution is -0.0211. The highest BCUT2D eigenvalue weighted by molar-refractivity contribution is 5.95. The second-order valence-corrected chi connectivity index (χ2v) is 9.57. The second-order valence-electron chi connectivity index (χ2n) is 9.57. The SMILES string of the molecule is Cc1ccn(-c2ccc(F)cc2)c(=O)c1C(=O)N[C@H]1C[C@H]2CNC[C@H]2C[C@@H]1OCC1CC1.Cl. The number of fused-ring (bicyclic) bond motifs is 1. The third-order valence-electron chi connectivity index (χ3n) is 7.21. The van der Waals surface area contributed by atoms with Crippen molar-refractivity contribution in [1.29, 1.82) is 0 Å². The highest BCUT2D eigenvalue weighted by Gasteiger charge is 2.41. The molecule has 0 unspecified atom stereocenters. The van der Waals surface area contributed by atoms with E-state index in [2.05, 4.69) is 10.6 Å². The fraction of sp³-hybridized carbons (Fsp3) is 0.520. The van der Waals surface area contributed by atoms with Gasteiger partial charge < -0.3 is 15.4 Å². The molecule has 33 heavy (non-hydrogen) atoms. The molecule has 3 fully saturated rings. The summed E-state index contributed by atoms with van der Waals surface area (Å²) in [5.74, 6) is 1.03. The Morgan fingerprint density at radius 1 is 1.15 bits per heavy atom. The van der Waals surface area contributed by atoms with Gasteiger partial charge in [-0.1, -0.05) is 0 Å². The Labute approximate surface area is 199 Å². The molecule has 2 aromatic rings. The van der Waals surface area contributed by atoms with Crippen LogP contribution in [-0.4, -0.2) is 42.3 Å². The molecule has 1 amide bonds. The predicted molar refractivity (Wildman–Crippen MR) is 127 cm³/mol. The minimum Gasteiger partial charge on any atom is -0.376 e. The summed E-state index contributed by atoms with van der Waals surface area (Å²) in [6.07, 6.45) is 5.84. The maximum absolute atomic E-state index is 13.3. The fourth-order valence-electron chi connectivity index (χ4n) is 5.11. The van der Waals surface area contributed by atoms with Crippen molar-refractivity contribution in [2.75, 3.05) is 19.7 Å².